The molecular formula is C17H22ClN3O3S2. The zero-order valence-electron chi connectivity index (χ0n) is 14.7. The van der Waals surface area contributed by atoms with Gasteiger partial charge in [-0.15, -0.1) is 0 Å². The van der Waals surface area contributed by atoms with Crippen molar-refractivity contribution in [1.29, 1.82) is 0 Å². The van der Waals surface area contributed by atoms with Crippen LogP contribution in [-0.4, -0.2) is 58.5 Å². The van der Waals surface area contributed by atoms with Gasteiger partial charge in [0.1, 0.15) is 0 Å². The Balaban J connectivity index is 1.70. The maximum Gasteiger partial charge on any atom is 0.233 e. The highest BCUT2D eigenvalue weighted by Crippen LogP contribution is 2.25. The normalized spacial score (nSPS) is 20.3. The van der Waals surface area contributed by atoms with Crippen LogP contribution >= 0.6 is 23.4 Å². The zero-order valence-corrected chi connectivity index (χ0v) is 17.1. The number of aromatic amines is 1. The molecule has 0 saturated carbocycles. The summed E-state index contributed by atoms with van der Waals surface area (Å²) in [6, 6.07) is 5.18. The monoisotopic (exact) mass is 415 g/mol. The van der Waals surface area contributed by atoms with Gasteiger partial charge in [0.15, 0.2) is 15.0 Å². The topological polar surface area (TPSA) is 83.1 Å². The second-order valence-corrected chi connectivity index (χ2v) is 10.2. The molecule has 0 aliphatic carbocycles. The van der Waals surface area contributed by atoms with Gasteiger partial charge in [0, 0.05) is 17.1 Å². The molecule has 1 aromatic heterocycles. The fourth-order valence-corrected chi connectivity index (χ4v) is 5.87. The van der Waals surface area contributed by atoms with Crippen molar-refractivity contribution in [2.75, 3.05) is 17.3 Å². The summed E-state index contributed by atoms with van der Waals surface area (Å²) in [6.45, 7) is 3.97. The van der Waals surface area contributed by atoms with Crippen LogP contribution in [-0.2, 0) is 14.6 Å². The van der Waals surface area contributed by atoms with Gasteiger partial charge >= 0.3 is 0 Å². The minimum atomic E-state index is -3.04. The maximum atomic E-state index is 12.8. The van der Waals surface area contributed by atoms with Crippen molar-refractivity contribution in [3.63, 3.8) is 0 Å². The number of imidazole rings is 1. The van der Waals surface area contributed by atoms with Crippen molar-refractivity contribution in [3.8, 4) is 0 Å². The molecule has 1 saturated heterocycles. The number of nitrogens with one attached hydrogen (secondary N) is 1. The summed E-state index contributed by atoms with van der Waals surface area (Å²) in [5.41, 5.74) is 1.62. The molecule has 3 rings (SSSR count). The molecule has 2 heterocycles. The van der Waals surface area contributed by atoms with Gasteiger partial charge in [-0.25, -0.2) is 13.4 Å². The van der Waals surface area contributed by atoms with Crippen LogP contribution in [0.4, 0.5) is 0 Å². The minimum Gasteiger partial charge on any atom is -0.335 e. The van der Waals surface area contributed by atoms with E-state index in [0.29, 0.717) is 16.6 Å². The van der Waals surface area contributed by atoms with Crippen molar-refractivity contribution < 1.29 is 13.2 Å². The van der Waals surface area contributed by atoms with Crippen LogP contribution in [0.2, 0.25) is 5.02 Å². The van der Waals surface area contributed by atoms with Gasteiger partial charge in [0.25, 0.3) is 0 Å². The molecule has 142 valence electrons. The lowest BCUT2D eigenvalue weighted by molar-refractivity contribution is -0.132. The summed E-state index contributed by atoms with van der Waals surface area (Å²) in [6.07, 6.45) is 1.31. The molecule has 2 unspecified atom stereocenters. The van der Waals surface area contributed by atoms with Crippen LogP contribution in [0, 0.1) is 0 Å². The average molecular weight is 416 g/mol. The quantitative estimate of drug-likeness (QED) is 0.733. The molecule has 1 N–H and O–H groups in total. The number of carbonyl (C=O) groups excluding carboxylic acids is 1. The number of nitrogens with zero attached hydrogens (tertiary/aromatic N) is 2. The highest BCUT2D eigenvalue weighted by molar-refractivity contribution is 7.99. The first kappa shape index (κ1) is 19.5. The summed E-state index contributed by atoms with van der Waals surface area (Å²) < 4.78 is 23.6. The van der Waals surface area contributed by atoms with Gasteiger partial charge in [-0.2, -0.15) is 0 Å². The van der Waals surface area contributed by atoms with Crippen LogP contribution in [0.1, 0.15) is 26.7 Å². The molecule has 26 heavy (non-hydrogen) atoms. The Bertz CT molecular complexity index is 913. The van der Waals surface area contributed by atoms with E-state index < -0.39 is 9.84 Å². The Hall–Kier alpha value is -1.25. The Kier molecular flexibility index (Phi) is 5.84. The van der Waals surface area contributed by atoms with Crippen LogP contribution in [0.3, 0.4) is 0 Å². The molecule has 2 atom stereocenters. The van der Waals surface area contributed by atoms with Crippen molar-refractivity contribution in [3.05, 3.63) is 23.2 Å². The molecule has 1 aromatic carbocycles. The van der Waals surface area contributed by atoms with Gasteiger partial charge in [0.2, 0.25) is 5.91 Å². The predicted molar refractivity (Wildman–Crippen MR) is 105 cm³/mol. The van der Waals surface area contributed by atoms with E-state index in [-0.39, 0.29) is 35.2 Å². The highest BCUT2D eigenvalue weighted by Gasteiger charge is 2.36. The molecule has 2 aromatic rings. The summed E-state index contributed by atoms with van der Waals surface area (Å²) in [5, 5.41) is 1.28. The Morgan fingerprint density at radius 2 is 2.27 bits per heavy atom. The Morgan fingerprint density at radius 3 is 2.92 bits per heavy atom. The number of fused-ring (bicyclic) bond motifs is 1. The lowest BCUT2D eigenvalue weighted by atomic mass is 10.1. The molecule has 6 nitrogen and oxygen atoms in total. The van der Waals surface area contributed by atoms with E-state index in [9.17, 15) is 13.2 Å². The smallest absolute Gasteiger partial charge is 0.233 e. The number of halogens is 1. The number of amides is 1. The molecule has 0 radical (unpaired) electrons. The zero-order chi connectivity index (χ0) is 18.9. The van der Waals surface area contributed by atoms with E-state index in [1.165, 1.54) is 11.8 Å². The van der Waals surface area contributed by atoms with E-state index in [1.54, 1.807) is 17.0 Å². The fourth-order valence-electron chi connectivity index (χ4n) is 3.23. The molecule has 1 fully saturated rings. The second kappa shape index (κ2) is 7.78. The molecule has 0 bridgehead atoms. The first-order chi connectivity index (χ1) is 12.3. The summed E-state index contributed by atoms with van der Waals surface area (Å²) >= 11 is 7.30. The van der Waals surface area contributed by atoms with Crippen molar-refractivity contribution in [1.82, 2.24) is 14.9 Å². The van der Waals surface area contributed by atoms with Crippen molar-refractivity contribution in [2.24, 2.45) is 0 Å². The summed E-state index contributed by atoms with van der Waals surface area (Å²) in [7, 11) is -3.04. The van der Waals surface area contributed by atoms with E-state index in [0.717, 1.165) is 17.5 Å². The SMILES string of the molecule is CCC(C)N(C(=O)CSc1nc2ccc(Cl)cc2[nH]1)C1CCS(=O)(=O)C1. The number of aromatic nitrogens is 2. The van der Waals surface area contributed by atoms with Gasteiger partial charge in [0.05, 0.1) is 28.3 Å². The van der Waals surface area contributed by atoms with Crippen LogP contribution in [0.25, 0.3) is 11.0 Å². The van der Waals surface area contributed by atoms with Crippen molar-refractivity contribution >= 4 is 50.1 Å². The Morgan fingerprint density at radius 1 is 1.50 bits per heavy atom. The number of hydrogen-bond acceptors (Lipinski definition) is 5. The van der Waals surface area contributed by atoms with E-state index >= 15 is 0 Å². The molecule has 9 heteroatoms. The van der Waals surface area contributed by atoms with Gasteiger partial charge < -0.3 is 9.88 Å². The minimum absolute atomic E-state index is 0.0101. The fraction of sp³-hybridized carbons (Fsp3) is 0.529. The van der Waals surface area contributed by atoms with Crippen LogP contribution in [0.5, 0.6) is 0 Å². The molecule has 1 aliphatic heterocycles. The van der Waals surface area contributed by atoms with Gasteiger partial charge in [-0.05, 0) is 38.0 Å². The highest BCUT2D eigenvalue weighted by atomic mass is 35.5. The second-order valence-electron chi connectivity index (χ2n) is 6.61. The molecule has 1 amide bonds. The number of sulfone groups is 1. The van der Waals surface area contributed by atoms with Crippen LogP contribution < -0.4 is 0 Å². The first-order valence-corrected chi connectivity index (χ1v) is 11.8. The third-order valence-corrected chi connectivity index (χ3v) is 7.55. The third-order valence-electron chi connectivity index (χ3n) is 4.71. The number of carbonyl (C=O) groups is 1. The van der Waals surface area contributed by atoms with Crippen molar-refractivity contribution in [2.45, 2.75) is 43.9 Å². The molecule has 0 spiro atoms. The Labute approximate surface area is 162 Å². The summed E-state index contributed by atoms with van der Waals surface area (Å²) in [5.74, 6) is 0.394. The van der Waals surface area contributed by atoms with E-state index in [1.807, 2.05) is 19.9 Å². The number of thioether (sulfide) groups is 1. The predicted octanol–water partition coefficient (Wildman–Crippen LogP) is 3.12. The largest absolute Gasteiger partial charge is 0.335 e. The maximum absolute atomic E-state index is 12.8. The lowest BCUT2D eigenvalue weighted by Gasteiger charge is -2.33. The van der Waals surface area contributed by atoms with Gasteiger partial charge in [-0.3, -0.25) is 4.79 Å². The van der Waals surface area contributed by atoms with E-state index in [4.69, 9.17) is 11.6 Å². The molecule has 1 aliphatic rings. The number of H-pyrrole nitrogens is 1. The average Bonchev–Trinajstić information content (AvgIpc) is 3.15. The molecular weight excluding hydrogens is 394 g/mol. The van der Waals surface area contributed by atoms with Crippen LogP contribution in [0.15, 0.2) is 23.4 Å². The summed E-state index contributed by atoms with van der Waals surface area (Å²) in [4.78, 5) is 22.2. The van der Waals surface area contributed by atoms with Gasteiger partial charge in [-0.1, -0.05) is 30.3 Å². The number of benzene rings is 1. The number of rotatable bonds is 6. The standard InChI is InChI=1S/C17H22ClN3O3S2/c1-3-11(2)21(13-6-7-26(23,24)10-13)16(22)9-25-17-19-14-5-4-12(18)8-15(14)20-17/h4-5,8,11,13H,3,6-7,9-10H2,1-2H3,(H,19,20). The lowest BCUT2D eigenvalue weighted by Crippen LogP contribution is -2.47. The third kappa shape index (κ3) is 4.35. The number of hydrogen-bond donors (Lipinski definition) is 1. The van der Waals surface area contributed by atoms with E-state index in [2.05, 4.69) is 9.97 Å². The first-order valence-electron chi connectivity index (χ1n) is 8.58.